The van der Waals surface area contributed by atoms with Gasteiger partial charge >= 0.3 is 5.82 Å². The van der Waals surface area contributed by atoms with Gasteiger partial charge in [0.25, 0.3) is 0 Å². The second-order valence-corrected chi connectivity index (χ2v) is 4.92. The molecule has 0 amide bonds. The molecule has 2 nitrogen and oxygen atoms in total. The summed E-state index contributed by atoms with van der Waals surface area (Å²) in [4.78, 5) is 4.44. The predicted octanol–water partition coefficient (Wildman–Crippen LogP) is 3.64. The largest absolute Gasteiger partial charge is 0.327 e. The van der Waals surface area contributed by atoms with Gasteiger partial charge in [-0.25, -0.2) is 0 Å². The van der Waals surface area contributed by atoms with E-state index in [2.05, 4.69) is 59.8 Å². The van der Waals surface area contributed by atoms with Gasteiger partial charge in [0.2, 0.25) is 0 Å². The summed E-state index contributed by atoms with van der Waals surface area (Å²) in [5, 5.41) is 0. The minimum absolute atomic E-state index is 0.960. The Labute approximate surface area is 119 Å². The zero-order valence-corrected chi connectivity index (χ0v) is 11.7. The fourth-order valence-corrected chi connectivity index (χ4v) is 2.54. The molecule has 3 rings (SSSR count). The minimum atomic E-state index is 0.960. The van der Waals surface area contributed by atoms with Gasteiger partial charge in [-0.2, -0.15) is 4.57 Å². The van der Waals surface area contributed by atoms with Gasteiger partial charge in [-0.05, 0) is 48.2 Å². The maximum absolute atomic E-state index is 4.44. The number of aromatic nitrogens is 2. The van der Waals surface area contributed by atoms with E-state index in [1.807, 2.05) is 30.5 Å². The topological polar surface area (TPSA) is 16.8 Å². The van der Waals surface area contributed by atoms with Crippen LogP contribution in [0, 0.1) is 13.8 Å². The van der Waals surface area contributed by atoms with Crippen LogP contribution in [0.3, 0.4) is 0 Å². The van der Waals surface area contributed by atoms with Crippen LogP contribution in [0.15, 0.2) is 66.9 Å². The number of hydrogen-bond donors (Lipinski definition) is 0. The van der Waals surface area contributed by atoms with Crippen molar-refractivity contribution < 1.29 is 4.57 Å². The average molecular weight is 261 g/mol. The van der Waals surface area contributed by atoms with E-state index in [-0.39, 0.29) is 0 Å². The molecule has 2 heterocycles. The Morgan fingerprint density at radius 1 is 0.750 bits per heavy atom. The van der Waals surface area contributed by atoms with Crippen molar-refractivity contribution in [1.82, 2.24) is 4.98 Å². The molecule has 0 saturated heterocycles. The van der Waals surface area contributed by atoms with Gasteiger partial charge in [-0.1, -0.05) is 36.4 Å². The molecule has 0 N–H and O–H groups in total. The van der Waals surface area contributed by atoms with Crippen molar-refractivity contribution >= 4 is 0 Å². The fraction of sp³-hybridized carbons (Fsp3) is 0.111. The van der Waals surface area contributed by atoms with E-state index in [0.717, 1.165) is 5.82 Å². The number of pyridine rings is 2. The van der Waals surface area contributed by atoms with Gasteiger partial charge in [0.15, 0.2) is 0 Å². The monoisotopic (exact) mass is 261 g/mol. The summed E-state index contributed by atoms with van der Waals surface area (Å²) < 4.78 is 2.17. The van der Waals surface area contributed by atoms with Crippen LogP contribution in [0.5, 0.6) is 0 Å². The lowest BCUT2D eigenvalue weighted by atomic mass is 10.0. The molecule has 98 valence electrons. The Kier molecular flexibility index (Phi) is 3.30. The number of rotatable bonds is 2. The normalized spacial score (nSPS) is 10.5. The second kappa shape index (κ2) is 5.25. The SMILES string of the molecule is Cc1cc(-c2ccccc2)cc(C)[n+]1-c1ccccn1. The van der Waals surface area contributed by atoms with Crippen LogP contribution >= 0.6 is 0 Å². The molecule has 0 radical (unpaired) electrons. The summed E-state index contributed by atoms with van der Waals surface area (Å²) in [5.74, 6) is 0.960. The van der Waals surface area contributed by atoms with Gasteiger partial charge < -0.3 is 0 Å². The highest BCUT2D eigenvalue weighted by atomic mass is 15.1. The third-order valence-electron chi connectivity index (χ3n) is 3.42. The molecule has 0 unspecified atom stereocenters. The lowest BCUT2D eigenvalue weighted by molar-refractivity contribution is -0.613. The summed E-state index contributed by atoms with van der Waals surface area (Å²) in [6.45, 7) is 4.24. The second-order valence-electron chi connectivity index (χ2n) is 4.92. The molecule has 0 aliphatic rings. The van der Waals surface area contributed by atoms with Crippen molar-refractivity contribution in [3.8, 4) is 16.9 Å². The Hall–Kier alpha value is -2.48. The summed E-state index contributed by atoms with van der Waals surface area (Å²) in [6.07, 6.45) is 1.83. The molecule has 0 atom stereocenters. The molecule has 0 spiro atoms. The molecular weight excluding hydrogens is 244 g/mol. The van der Waals surface area contributed by atoms with Crippen molar-refractivity contribution in [1.29, 1.82) is 0 Å². The third kappa shape index (κ3) is 2.32. The predicted molar refractivity (Wildman–Crippen MR) is 80.7 cm³/mol. The first-order valence-electron chi connectivity index (χ1n) is 6.76. The zero-order chi connectivity index (χ0) is 13.9. The Morgan fingerprint density at radius 3 is 2.00 bits per heavy atom. The Bertz CT molecular complexity index is 696. The molecule has 0 bridgehead atoms. The summed E-state index contributed by atoms with van der Waals surface area (Å²) in [7, 11) is 0. The molecule has 2 aromatic heterocycles. The van der Waals surface area contributed by atoms with Crippen molar-refractivity contribution in [2.75, 3.05) is 0 Å². The van der Waals surface area contributed by atoms with E-state index >= 15 is 0 Å². The Morgan fingerprint density at radius 2 is 1.40 bits per heavy atom. The van der Waals surface area contributed by atoms with Gasteiger partial charge in [0.1, 0.15) is 17.6 Å². The van der Waals surface area contributed by atoms with Gasteiger partial charge in [0, 0.05) is 6.07 Å². The molecule has 0 fully saturated rings. The highest BCUT2D eigenvalue weighted by Crippen LogP contribution is 2.20. The van der Waals surface area contributed by atoms with Crippen molar-refractivity contribution in [3.05, 3.63) is 78.2 Å². The molecule has 0 aliphatic carbocycles. The third-order valence-corrected chi connectivity index (χ3v) is 3.42. The van der Waals surface area contributed by atoms with E-state index in [1.54, 1.807) is 0 Å². The van der Waals surface area contributed by atoms with Gasteiger partial charge in [0.05, 0.1) is 0 Å². The van der Waals surface area contributed by atoms with E-state index < -0.39 is 0 Å². The number of aryl methyl sites for hydroxylation is 2. The van der Waals surface area contributed by atoms with E-state index in [4.69, 9.17) is 0 Å². The number of benzene rings is 1. The minimum Gasteiger partial charge on any atom is -0.198 e. The first-order valence-corrected chi connectivity index (χ1v) is 6.76. The lowest BCUT2D eigenvalue weighted by Gasteiger charge is -2.09. The first-order chi connectivity index (χ1) is 9.75. The van der Waals surface area contributed by atoms with E-state index in [9.17, 15) is 0 Å². The summed E-state index contributed by atoms with van der Waals surface area (Å²) in [6, 6.07) is 20.8. The fourth-order valence-electron chi connectivity index (χ4n) is 2.54. The first kappa shape index (κ1) is 12.5. The lowest BCUT2D eigenvalue weighted by Crippen LogP contribution is -2.38. The van der Waals surface area contributed by atoms with Crippen molar-refractivity contribution in [2.45, 2.75) is 13.8 Å². The van der Waals surface area contributed by atoms with Crippen LogP contribution < -0.4 is 4.57 Å². The van der Waals surface area contributed by atoms with Crippen molar-refractivity contribution in [2.24, 2.45) is 0 Å². The Balaban J connectivity index is 2.13. The smallest absolute Gasteiger partial charge is 0.198 e. The molecule has 20 heavy (non-hydrogen) atoms. The van der Waals surface area contributed by atoms with Crippen LogP contribution in [0.25, 0.3) is 16.9 Å². The highest BCUT2D eigenvalue weighted by molar-refractivity contribution is 5.63. The molecular formula is C18H17N2+. The summed E-state index contributed by atoms with van der Waals surface area (Å²) in [5.41, 5.74) is 4.85. The standard InChI is InChI=1S/C18H17N2/c1-14-12-17(16-8-4-3-5-9-16)13-15(2)20(14)18-10-6-7-11-19-18/h3-13H,1-2H3/q+1. The van der Waals surface area contributed by atoms with Crippen LogP contribution in [-0.4, -0.2) is 4.98 Å². The maximum atomic E-state index is 4.44. The van der Waals surface area contributed by atoms with Gasteiger partial charge in [-0.3, -0.25) is 0 Å². The maximum Gasteiger partial charge on any atom is 0.327 e. The van der Waals surface area contributed by atoms with Crippen LogP contribution in [0.1, 0.15) is 11.4 Å². The highest BCUT2D eigenvalue weighted by Gasteiger charge is 2.14. The molecule has 3 aromatic rings. The summed E-state index contributed by atoms with van der Waals surface area (Å²) >= 11 is 0. The van der Waals surface area contributed by atoms with Crippen molar-refractivity contribution in [3.63, 3.8) is 0 Å². The van der Waals surface area contributed by atoms with E-state index in [1.165, 1.54) is 22.5 Å². The average Bonchev–Trinajstić information content (AvgIpc) is 2.48. The molecule has 0 saturated carbocycles. The molecule has 1 aromatic carbocycles. The van der Waals surface area contributed by atoms with Gasteiger partial charge in [-0.15, -0.1) is 0 Å². The number of hydrogen-bond acceptors (Lipinski definition) is 1. The number of nitrogens with zero attached hydrogens (tertiary/aromatic N) is 2. The van der Waals surface area contributed by atoms with E-state index in [0.29, 0.717) is 0 Å². The molecule has 2 heteroatoms. The quantitative estimate of drug-likeness (QED) is 0.643. The van der Waals surface area contributed by atoms with Crippen LogP contribution in [-0.2, 0) is 0 Å². The van der Waals surface area contributed by atoms with Crippen LogP contribution in [0.4, 0.5) is 0 Å². The molecule has 0 aliphatic heterocycles. The van der Waals surface area contributed by atoms with Crippen LogP contribution in [0.2, 0.25) is 0 Å². The zero-order valence-electron chi connectivity index (χ0n) is 11.7.